The number of rotatable bonds is 6. The molecule has 0 bridgehead atoms. The number of ketones is 1. The lowest BCUT2D eigenvalue weighted by atomic mass is 10.1. The van der Waals surface area contributed by atoms with Gasteiger partial charge in [-0.3, -0.25) is 4.79 Å². The second-order valence-corrected chi connectivity index (χ2v) is 4.13. The number of hydrogen-bond acceptors (Lipinski definition) is 2. The highest BCUT2D eigenvalue weighted by atomic mass is 16.5. The quantitative estimate of drug-likeness (QED) is 0.774. The van der Waals surface area contributed by atoms with Gasteiger partial charge in [0, 0.05) is 6.42 Å². The third kappa shape index (κ3) is 4.06. The highest BCUT2D eigenvalue weighted by molar-refractivity contribution is 5.80. The third-order valence-corrected chi connectivity index (χ3v) is 2.68. The van der Waals surface area contributed by atoms with Crippen molar-refractivity contribution >= 4 is 5.78 Å². The van der Waals surface area contributed by atoms with Gasteiger partial charge in [-0.1, -0.05) is 48.5 Å². The summed E-state index contributed by atoms with van der Waals surface area (Å²) in [4.78, 5) is 11.7. The molecule has 0 saturated carbocycles. The van der Waals surface area contributed by atoms with Gasteiger partial charge in [0.15, 0.2) is 5.78 Å². The summed E-state index contributed by atoms with van der Waals surface area (Å²) < 4.78 is 5.41. The van der Waals surface area contributed by atoms with Gasteiger partial charge in [0.2, 0.25) is 0 Å². The summed E-state index contributed by atoms with van der Waals surface area (Å²) in [5.74, 6) is 0.869. The molecule has 0 aliphatic carbocycles. The van der Waals surface area contributed by atoms with E-state index >= 15 is 0 Å². The van der Waals surface area contributed by atoms with Crippen LogP contribution in [0.15, 0.2) is 60.7 Å². The molecule has 2 heteroatoms. The zero-order chi connectivity index (χ0) is 12.6. The van der Waals surface area contributed by atoms with Gasteiger partial charge in [-0.05, 0) is 24.1 Å². The molecule has 92 valence electrons. The maximum absolute atomic E-state index is 11.7. The number of carbonyl (C=O) groups is 1. The molecule has 18 heavy (non-hydrogen) atoms. The van der Waals surface area contributed by atoms with Gasteiger partial charge in [0.1, 0.15) is 12.4 Å². The van der Waals surface area contributed by atoms with E-state index in [9.17, 15) is 4.79 Å². The first-order valence-corrected chi connectivity index (χ1v) is 6.08. The second-order valence-electron chi connectivity index (χ2n) is 4.13. The molecule has 0 N–H and O–H groups in total. The van der Waals surface area contributed by atoms with Crippen LogP contribution < -0.4 is 4.74 Å². The Morgan fingerprint density at radius 1 is 0.889 bits per heavy atom. The molecular formula is C16H16O2. The summed E-state index contributed by atoms with van der Waals surface area (Å²) in [5.41, 5.74) is 1.19. The van der Waals surface area contributed by atoms with Gasteiger partial charge in [-0.15, -0.1) is 0 Å². The van der Waals surface area contributed by atoms with Crippen LogP contribution in [0.2, 0.25) is 0 Å². The molecule has 2 nitrogen and oxygen atoms in total. The zero-order valence-corrected chi connectivity index (χ0v) is 10.2. The Hall–Kier alpha value is -2.09. The SMILES string of the molecule is O=C(CCc1ccccc1)COc1ccccc1. The van der Waals surface area contributed by atoms with E-state index in [1.165, 1.54) is 5.56 Å². The number of carbonyl (C=O) groups excluding carboxylic acids is 1. The van der Waals surface area contributed by atoms with Crippen LogP contribution >= 0.6 is 0 Å². The molecule has 2 aromatic carbocycles. The normalized spacial score (nSPS) is 10.0. The van der Waals surface area contributed by atoms with Crippen LogP contribution in [-0.4, -0.2) is 12.4 Å². The molecular weight excluding hydrogens is 224 g/mol. The minimum Gasteiger partial charge on any atom is -0.486 e. The van der Waals surface area contributed by atoms with Crippen LogP contribution in [0.5, 0.6) is 5.75 Å². The topological polar surface area (TPSA) is 26.3 Å². The number of ether oxygens (including phenoxy) is 1. The third-order valence-electron chi connectivity index (χ3n) is 2.68. The highest BCUT2D eigenvalue weighted by Gasteiger charge is 2.03. The molecule has 2 aromatic rings. The predicted molar refractivity (Wildman–Crippen MR) is 71.7 cm³/mol. The van der Waals surface area contributed by atoms with Crippen LogP contribution in [0, 0.1) is 0 Å². The summed E-state index contributed by atoms with van der Waals surface area (Å²) in [6, 6.07) is 19.4. The Morgan fingerprint density at radius 3 is 2.17 bits per heavy atom. The fraction of sp³-hybridized carbons (Fsp3) is 0.188. The van der Waals surface area contributed by atoms with Gasteiger partial charge >= 0.3 is 0 Å². The molecule has 0 unspecified atom stereocenters. The van der Waals surface area contributed by atoms with Crippen molar-refractivity contribution in [2.24, 2.45) is 0 Å². The monoisotopic (exact) mass is 240 g/mol. The number of hydrogen-bond donors (Lipinski definition) is 0. The smallest absolute Gasteiger partial charge is 0.170 e. The first-order chi connectivity index (χ1) is 8.84. The van der Waals surface area contributed by atoms with E-state index < -0.39 is 0 Å². The molecule has 0 amide bonds. The van der Waals surface area contributed by atoms with E-state index in [4.69, 9.17) is 4.74 Å². The lowest BCUT2D eigenvalue weighted by molar-refractivity contribution is -0.121. The van der Waals surface area contributed by atoms with Gasteiger partial charge in [-0.2, -0.15) is 0 Å². The Balaban J connectivity index is 1.73. The van der Waals surface area contributed by atoms with E-state index in [1.807, 2.05) is 60.7 Å². The first kappa shape index (κ1) is 12.4. The van der Waals surface area contributed by atoms with Crippen molar-refractivity contribution in [2.75, 3.05) is 6.61 Å². The van der Waals surface area contributed by atoms with Gasteiger partial charge in [0.05, 0.1) is 0 Å². The van der Waals surface area contributed by atoms with Crippen molar-refractivity contribution in [3.05, 3.63) is 66.2 Å². The molecule has 0 aliphatic rings. The van der Waals surface area contributed by atoms with Crippen LogP contribution in [0.1, 0.15) is 12.0 Å². The maximum Gasteiger partial charge on any atom is 0.170 e. The largest absolute Gasteiger partial charge is 0.486 e. The molecule has 2 rings (SSSR count). The van der Waals surface area contributed by atoms with E-state index in [0.717, 1.165) is 12.2 Å². The van der Waals surface area contributed by atoms with E-state index in [-0.39, 0.29) is 12.4 Å². The average molecular weight is 240 g/mol. The summed E-state index contributed by atoms with van der Waals surface area (Å²) in [5, 5.41) is 0. The highest BCUT2D eigenvalue weighted by Crippen LogP contribution is 2.09. The predicted octanol–water partition coefficient (Wildman–Crippen LogP) is 3.27. The lowest BCUT2D eigenvalue weighted by Gasteiger charge is -2.05. The standard InChI is InChI=1S/C16H16O2/c17-15(12-11-14-7-3-1-4-8-14)13-18-16-9-5-2-6-10-16/h1-10H,11-13H2. The lowest BCUT2D eigenvalue weighted by Crippen LogP contribution is -2.11. The van der Waals surface area contributed by atoms with Crippen molar-refractivity contribution in [1.29, 1.82) is 0 Å². The van der Waals surface area contributed by atoms with E-state index in [1.54, 1.807) is 0 Å². The fourth-order valence-corrected chi connectivity index (χ4v) is 1.68. The molecule has 0 atom stereocenters. The van der Waals surface area contributed by atoms with Gasteiger partial charge < -0.3 is 4.74 Å². The molecule has 0 fully saturated rings. The molecule has 0 spiro atoms. The van der Waals surface area contributed by atoms with Crippen molar-refractivity contribution in [1.82, 2.24) is 0 Å². The zero-order valence-electron chi connectivity index (χ0n) is 10.2. The summed E-state index contributed by atoms with van der Waals surface area (Å²) in [6.45, 7) is 0.150. The first-order valence-electron chi connectivity index (χ1n) is 6.08. The molecule has 0 saturated heterocycles. The van der Waals surface area contributed by atoms with E-state index in [2.05, 4.69) is 0 Å². The molecule has 0 radical (unpaired) electrons. The van der Waals surface area contributed by atoms with E-state index in [0.29, 0.717) is 6.42 Å². The number of para-hydroxylation sites is 1. The fourth-order valence-electron chi connectivity index (χ4n) is 1.68. The average Bonchev–Trinajstić information content (AvgIpc) is 2.45. The maximum atomic E-state index is 11.7. The number of Topliss-reactive ketones (excluding diaryl/α,β-unsaturated/α-hetero) is 1. The number of aryl methyl sites for hydroxylation is 1. The number of benzene rings is 2. The summed E-state index contributed by atoms with van der Waals surface area (Å²) >= 11 is 0. The van der Waals surface area contributed by atoms with Crippen LogP contribution in [0.4, 0.5) is 0 Å². The second kappa shape index (κ2) is 6.60. The summed E-state index contributed by atoms with van der Waals surface area (Å²) in [7, 11) is 0. The molecule has 0 aromatic heterocycles. The minimum absolute atomic E-state index is 0.128. The minimum atomic E-state index is 0.128. The van der Waals surface area contributed by atoms with Gasteiger partial charge in [0.25, 0.3) is 0 Å². The molecule has 0 heterocycles. The van der Waals surface area contributed by atoms with Crippen molar-refractivity contribution < 1.29 is 9.53 Å². The van der Waals surface area contributed by atoms with Crippen LogP contribution in [0.3, 0.4) is 0 Å². The van der Waals surface area contributed by atoms with Gasteiger partial charge in [-0.25, -0.2) is 0 Å². The Kier molecular flexibility index (Phi) is 4.53. The van der Waals surface area contributed by atoms with Crippen LogP contribution in [0.25, 0.3) is 0 Å². The molecule has 0 aliphatic heterocycles. The van der Waals surface area contributed by atoms with Crippen molar-refractivity contribution in [3.63, 3.8) is 0 Å². The Labute approximate surface area is 107 Å². The summed E-state index contributed by atoms with van der Waals surface area (Å²) in [6.07, 6.45) is 1.30. The van der Waals surface area contributed by atoms with Crippen LogP contribution in [-0.2, 0) is 11.2 Å². The Bertz CT molecular complexity index is 431. The van der Waals surface area contributed by atoms with Crippen molar-refractivity contribution in [2.45, 2.75) is 12.8 Å². The Morgan fingerprint density at radius 2 is 1.50 bits per heavy atom. The van der Waals surface area contributed by atoms with Crippen molar-refractivity contribution in [3.8, 4) is 5.75 Å².